The van der Waals surface area contributed by atoms with E-state index in [2.05, 4.69) is 0 Å². The van der Waals surface area contributed by atoms with Crippen molar-refractivity contribution in [3.63, 3.8) is 0 Å². The molecule has 0 aromatic heterocycles. The number of esters is 1. The van der Waals surface area contributed by atoms with E-state index >= 15 is 0 Å². The summed E-state index contributed by atoms with van der Waals surface area (Å²) in [5.74, 6) is -0.350. The van der Waals surface area contributed by atoms with E-state index in [0.717, 1.165) is 0 Å². The third-order valence-corrected chi connectivity index (χ3v) is 2.28. The van der Waals surface area contributed by atoms with Gasteiger partial charge < -0.3 is 9.47 Å². The Labute approximate surface area is 98.1 Å². The molecule has 0 unspecified atom stereocenters. The van der Waals surface area contributed by atoms with Crippen LogP contribution in [0.1, 0.15) is 24.2 Å². The van der Waals surface area contributed by atoms with Crippen molar-refractivity contribution in [3.05, 3.63) is 22.7 Å². The highest BCUT2D eigenvalue weighted by Gasteiger charge is 2.17. The second-order valence-corrected chi connectivity index (χ2v) is 3.49. The molecule has 1 aromatic rings. The lowest BCUT2D eigenvalue weighted by molar-refractivity contribution is -0.132. The van der Waals surface area contributed by atoms with Gasteiger partial charge in [-0.1, -0.05) is 11.6 Å². The average Bonchev–Trinajstić information content (AvgIpc) is 2.19. The van der Waals surface area contributed by atoms with Crippen LogP contribution in [-0.4, -0.2) is 18.9 Å². The summed E-state index contributed by atoms with van der Waals surface area (Å²) in [6.45, 7) is 2.63. The highest BCUT2D eigenvalue weighted by molar-refractivity contribution is 6.35. The van der Waals surface area contributed by atoms with Crippen molar-refractivity contribution in [2.24, 2.45) is 0 Å². The topological polar surface area (TPSA) is 52.6 Å². The van der Waals surface area contributed by atoms with Crippen molar-refractivity contribution in [1.29, 1.82) is 0 Å². The number of halogens is 1. The molecule has 86 valence electrons. The number of rotatable bonds is 3. The number of Topliss-reactive ketones (excluding diaryl/α,β-unsaturated/α-hetero) is 1. The number of benzene rings is 1. The summed E-state index contributed by atoms with van der Waals surface area (Å²) in [5, 5.41) is 0.0852. The summed E-state index contributed by atoms with van der Waals surface area (Å²) >= 11 is 5.95. The van der Waals surface area contributed by atoms with Crippen LogP contribution in [0.4, 0.5) is 0 Å². The highest BCUT2D eigenvalue weighted by Crippen LogP contribution is 2.37. The summed E-state index contributed by atoms with van der Waals surface area (Å²) in [5.41, 5.74) is 0.290. The predicted molar refractivity (Wildman–Crippen MR) is 59.3 cm³/mol. The van der Waals surface area contributed by atoms with Crippen molar-refractivity contribution >= 4 is 23.4 Å². The molecule has 0 radical (unpaired) electrons. The van der Waals surface area contributed by atoms with E-state index in [9.17, 15) is 9.59 Å². The molecule has 0 aliphatic carbocycles. The van der Waals surface area contributed by atoms with Crippen LogP contribution in [0.15, 0.2) is 12.1 Å². The fraction of sp³-hybridized carbons (Fsp3) is 0.273. The Morgan fingerprint density at radius 3 is 2.31 bits per heavy atom. The molecule has 0 N–H and O–H groups in total. The first-order valence-electron chi connectivity index (χ1n) is 4.53. The lowest BCUT2D eigenvalue weighted by Crippen LogP contribution is -2.05. The maximum atomic E-state index is 11.2. The molecule has 0 bridgehead atoms. The normalized spacial score (nSPS) is 9.75. The van der Waals surface area contributed by atoms with Crippen LogP contribution in [0.5, 0.6) is 11.5 Å². The van der Waals surface area contributed by atoms with Gasteiger partial charge in [0.05, 0.1) is 12.1 Å². The summed E-state index contributed by atoms with van der Waals surface area (Å²) < 4.78 is 9.90. The van der Waals surface area contributed by atoms with Gasteiger partial charge in [-0.05, 0) is 19.1 Å². The maximum Gasteiger partial charge on any atom is 0.308 e. The largest absolute Gasteiger partial charge is 0.493 e. The lowest BCUT2D eigenvalue weighted by atomic mass is 10.1. The Morgan fingerprint density at radius 1 is 1.25 bits per heavy atom. The third-order valence-electron chi connectivity index (χ3n) is 1.91. The Bertz CT molecular complexity index is 440. The van der Waals surface area contributed by atoms with E-state index in [1.54, 1.807) is 0 Å². The second kappa shape index (κ2) is 4.99. The smallest absolute Gasteiger partial charge is 0.308 e. The van der Waals surface area contributed by atoms with Gasteiger partial charge in [0.2, 0.25) is 0 Å². The standard InChI is InChI=1S/C11H11ClO4/c1-6(13)8-4-5-9(15-3)11(10(8)12)16-7(2)14/h4-5H,1-3H3. The van der Waals surface area contributed by atoms with Gasteiger partial charge in [0.15, 0.2) is 17.3 Å². The van der Waals surface area contributed by atoms with E-state index in [0.29, 0.717) is 11.3 Å². The zero-order valence-electron chi connectivity index (χ0n) is 9.17. The Hall–Kier alpha value is -1.55. The minimum atomic E-state index is -0.527. The molecule has 0 atom stereocenters. The van der Waals surface area contributed by atoms with Crippen molar-refractivity contribution < 1.29 is 19.1 Å². The van der Waals surface area contributed by atoms with E-state index in [4.69, 9.17) is 21.1 Å². The number of ether oxygens (including phenoxy) is 2. The van der Waals surface area contributed by atoms with E-state index in [-0.39, 0.29) is 16.6 Å². The molecule has 0 fully saturated rings. The van der Waals surface area contributed by atoms with Crippen molar-refractivity contribution in [1.82, 2.24) is 0 Å². The second-order valence-electron chi connectivity index (χ2n) is 3.11. The van der Waals surface area contributed by atoms with Crippen molar-refractivity contribution in [2.75, 3.05) is 7.11 Å². The lowest BCUT2D eigenvalue weighted by Gasteiger charge is -2.11. The minimum absolute atomic E-state index is 0.0735. The Morgan fingerprint density at radius 2 is 1.88 bits per heavy atom. The van der Waals surface area contributed by atoms with Crippen LogP contribution < -0.4 is 9.47 Å². The Balaban J connectivity index is 3.34. The van der Waals surface area contributed by atoms with Gasteiger partial charge in [-0.15, -0.1) is 0 Å². The molecule has 0 amide bonds. The molecule has 0 saturated heterocycles. The molecule has 0 aliphatic heterocycles. The van der Waals surface area contributed by atoms with Crippen molar-refractivity contribution in [2.45, 2.75) is 13.8 Å². The fourth-order valence-corrected chi connectivity index (χ4v) is 1.54. The number of hydrogen-bond donors (Lipinski definition) is 0. The molecular weight excluding hydrogens is 232 g/mol. The van der Waals surface area contributed by atoms with Crippen LogP contribution >= 0.6 is 11.6 Å². The van der Waals surface area contributed by atoms with E-state index in [1.807, 2.05) is 0 Å². The zero-order chi connectivity index (χ0) is 12.3. The average molecular weight is 243 g/mol. The van der Waals surface area contributed by atoms with Crippen LogP contribution in [0, 0.1) is 0 Å². The summed E-state index contributed by atoms with van der Waals surface area (Å²) in [6, 6.07) is 3.05. The van der Waals surface area contributed by atoms with Gasteiger partial charge in [-0.3, -0.25) is 9.59 Å². The fourth-order valence-electron chi connectivity index (χ4n) is 1.21. The first-order valence-corrected chi connectivity index (χ1v) is 4.91. The molecule has 0 saturated carbocycles. The van der Waals surface area contributed by atoms with Gasteiger partial charge in [-0.25, -0.2) is 0 Å². The van der Waals surface area contributed by atoms with Crippen molar-refractivity contribution in [3.8, 4) is 11.5 Å². The quantitative estimate of drug-likeness (QED) is 0.464. The van der Waals surface area contributed by atoms with Crippen LogP contribution in [-0.2, 0) is 4.79 Å². The SMILES string of the molecule is COc1ccc(C(C)=O)c(Cl)c1OC(C)=O. The number of carbonyl (C=O) groups excluding carboxylic acids is 2. The zero-order valence-corrected chi connectivity index (χ0v) is 9.92. The first kappa shape index (κ1) is 12.5. The van der Waals surface area contributed by atoms with Gasteiger partial charge >= 0.3 is 5.97 Å². The highest BCUT2D eigenvalue weighted by atomic mass is 35.5. The molecule has 1 aromatic carbocycles. The first-order chi connectivity index (χ1) is 7.47. The number of methoxy groups -OCH3 is 1. The molecule has 0 heterocycles. The summed E-state index contributed by atoms with van der Waals surface area (Å²) in [4.78, 5) is 22.1. The number of ketones is 1. The van der Waals surface area contributed by atoms with Gasteiger partial charge in [-0.2, -0.15) is 0 Å². The summed E-state index contributed by atoms with van der Waals surface area (Å²) in [6.07, 6.45) is 0. The molecule has 16 heavy (non-hydrogen) atoms. The van der Waals surface area contributed by atoms with E-state index < -0.39 is 5.97 Å². The van der Waals surface area contributed by atoms with Gasteiger partial charge in [0, 0.05) is 12.5 Å². The van der Waals surface area contributed by atoms with Crippen LogP contribution in [0.3, 0.4) is 0 Å². The molecule has 0 spiro atoms. The van der Waals surface area contributed by atoms with Crippen LogP contribution in [0.2, 0.25) is 5.02 Å². The molecule has 0 aliphatic rings. The monoisotopic (exact) mass is 242 g/mol. The summed E-state index contributed by atoms with van der Waals surface area (Å²) in [7, 11) is 1.42. The predicted octanol–water partition coefficient (Wildman–Crippen LogP) is 2.48. The van der Waals surface area contributed by atoms with Gasteiger partial charge in [0.25, 0.3) is 0 Å². The Kier molecular flexibility index (Phi) is 3.90. The van der Waals surface area contributed by atoms with Crippen LogP contribution in [0.25, 0.3) is 0 Å². The minimum Gasteiger partial charge on any atom is -0.493 e. The third kappa shape index (κ3) is 2.52. The molecule has 5 heteroatoms. The number of hydrogen-bond acceptors (Lipinski definition) is 4. The van der Waals surface area contributed by atoms with Gasteiger partial charge in [0.1, 0.15) is 0 Å². The molecular formula is C11H11ClO4. The number of carbonyl (C=O) groups is 2. The molecule has 4 nitrogen and oxygen atoms in total. The van der Waals surface area contributed by atoms with E-state index in [1.165, 1.54) is 33.1 Å². The maximum absolute atomic E-state index is 11.2. The molecule has 1 rings (SSSR count).